The van der Waals surface area contributed by atoms with Crippen molar-refractivity contribution in [2.45, 2.75) is 0 Å². The Morgan fingerprint density at radius 2 is 2.45 bits per heavy atom. The molecule has 0 fully saturated rings. The van der Waals surface area contributed by atoms with Gasteiger partial charge in [-0.3, -0.25) is 4.98 Å². The van der Waals surface area contributed by atoms with E-state index < -0.39 is 0 Å². The molecule has 1 nitrogen and oxygen atoms in total. The van der Waals surface area contributed by atoms with E-state index in [0.29, 0.717) is 11.1 Å². The highest BCUT2D eigenvalue weighted by Crippen LogP contribution is 2.15. The van der Waals surface area contributed by atoms with Crippen LogP contribution in [-0.4, -0.2) is 10.9 Å². The van der Waals surface area contributed by atoms with Gasteiger partial charge in [-0.2, -0.15) is 0 Å². The van der Waals surface area contributed by atoms with Gasteiger partial charge in [-0.15, -0.1) is 11.6 Å². The summed E-state index contributed by atoms with van der Waals surface area (Å²) in [6.45, 7) is 3.60. The molecule has 0 aromatic carbocycles. The van der Waals surface area contributed by atoms with Crippen molar-refractivity contribution in [3.05, 3.63) is 36.4 Å². The molecule has 3 heteroatoms. The lowest BCUT2D eigenvalue weighted by Crippen LogP contribution is -1.89. The SMILES string of the molecule is C=C(CCl)c1ccncc1F. The molecule has 0 aliphatic heterocycles. The van der Waals surface area contributed by atoms with Crippen LogP contribution < -0.4 is 0 Å². The van der Waals surface area contributed by atoms with Gasteiger partial charge in [-0.25, -0.2) is 4.39 Å². The Balaban J connectivity index is 3.03. The van der Waals surface area contributed by atoms with E-state index in [1.165, 1.54) is 6.20 Å². The molecule has 0 aliphatic rings. The van der Waals surface area contributed by atoms with Gasteiger partial charge in [0.1, 0.15) is 5.82 Å². The molecule has 0 aliphatic carbocycles. The molecule has 1 rings (SSSR count). The molecule has 0 amide bonds. The Morgan fingerprint density at radius 3 is 3.00 bits per heavy atom. The Morgan fingerprint density at radius 1 is 1.73 bits per heavy atom. The quantitative estimate of drug-likeness (QED) is 0.623. The fourth-order valence-electron chi connectivity index (χ4n) is 0.734. The zero-order valence-electron chi connectivity index (χ0n) is 5.85. The first kappa shape index (κ1) is 8.21. The molecule has 0 unspecified atom stereocenters. The van der Waals surface area contributed by atoms with Crippen molar-refractivity contribution in [1.82, 2.24) is 4.98 Å². The van der Waals surface area contributed by atoms with Crippen molar-refractivity contribution in [2.75, 3.05) is 5.88 Å². The van der Waals surface area contributed by atoms with Crippen LogP contribution >= 0.6 is 11.6 Å². The normalized spacial score (nSPS) is 9.64. The smallest absolute Gasteiger partial charge is 0.148 e. The van der Waals surface area contributed by atoms with Crippen LogP contribution in [0.25, 0.3) is 5.57 Å². The monoisotopic (exact) mass is 171 g/mol. The number of pyridine rings is 1. The van der Waals surface area contributed by atoms with Crippen LogP contribution in [0.1, 0.15) is 5.56 Å². The van der Waals surface area contributed by atoms with Crippen molar-refractivity contribution in [3.8, 4) is 0 Å². The molecule has 1 aromatic rings. The maximum atomic E-state index is 12.8. The molecule has 58 valence electrons. The summed E-state index contributed by atoms with van der Waals surface area (Å²) in [6, 6.07) is 1.56. The largest absolute Gasteiger partial charge is 0.262 e. The van der Waals surface area contributed by atoms with Gasteiger partial charge in [0.05, 0.1) is 6.20 Å². The van der Waals surface area contributed by atoms with Gasteiger partial charge in [-0.1, -0.05) is 6.58 Å². The molecule has 1 heterocycles. The first-order valence-corrected chi connectivity index (χ1v) is 3.62. The third-order valence-corrected chi connectivity index (χ3v) is 1.64. The zero-order valence-corrected chi connectivity index (χ0v) is 6.61. The summed E-state index contributed by atoms with van der Waals surface area (Å²) in [5.41, 5.74) is 1.02. The lowest BCUT2D eigenvalue weighted by molar-refractivity contribution is 0.617. The van der Waals surface area contributed by atoms with Crippen molar-refractivity contribution in [1.29, 1.82) is 0 Å². The number of nitrogens with zero attached hydrogens (tertiary/aromatic N) is 1. The average molecular weight is 172 g/mol. The van der Waals surface area contributed by atoms with E-state index in [2.05, 4.69) is 11.6 Å². The summed E-state index contributed by atoms with van der Waals surface area (Å²) in [4.78, 5) is 3.60. The molecule has 0 atom stereocenters. The minimum Gasteiger partial charge on any atom is -0.262 e. The molecule has 0 bridgehead atoms. The van der Waals surface area contributed by atoms with Crippen LogP contribution in [0.4, 0.5) is 4.39 Å². The summed E-state index contributed by atoms with van der Waals surface area (Å²) >= 11 is 5.47. The van der Waals surface area contributed by atoms with Gasteiger partial charge in [0.15, 0.2) is 0 Å². The molecule has 0 radical (unpaired) electrons. The van der Waals surface area contributed by atoms with Crippen LogP contribution in [0.5, 0.6) is 0 Å². The van der Waals surface area contributed by atoms with Crippen LogP contribution in [0.3, 0.4) is 0 Å². The van der Waals surface area contributed by atoms with Crippen molar-refractivity contribution in [3.63, 3.8) is 0 Å². The summed E-state index contributed by atoms with van der Waals surface area (Å²) in [5, 5.41) is 0. The fourth-order valence-corrected chi connectivity index (χ4v) is 0.878. The lowest BCUT2D eigenvalue weighted by atomic mass is 10.1. The van der Waals surface area contributed by atoms with Gasteiger partial charge in [0.2, 0.25) is 0 Å². The summed E-state index contributed by atoms with van der Waals surface area (Å²) in [5.74, 6) is -0.140. The van der Waals surface area contributed by atoms with Crippen LogP contribution in [-0.2, 0) is 0 Å². The van der Waals surface area contributed by atoms with Crippen LogP contribution in [0.15, 0.2) is 25.0 Å². The van der Waals surface area contributed by atoms with Gasteiger partial charge in [-0.05, 0) is 11.6 Å². The highest BCUT2D eigenvalue weighted by Gasteiger charge is 2.02. The van der Waals surface area contributed by atoms with Gasteiger partial charge < -0.3 is 0 Å². The van der Waals surface area contributed by atoms with E-state index in [9.17, 15) is 4.39 Å². The number of alkyl halides is 1. The number of rotatable bonds is 2. The fraction of sp³-hybridized carbons (Fsp3) is 0.125. The second-order valence-corrected chi connectivity index (χ2v) is 2.36. The minimum absolute atomic E-state index is 0.237. The Hall–Kier alpha value is -0.890. The molecule has 0 saturated heterocycles. The third-order valence-electron chi connectivity index (χ3n) is 1.31. The number of hydrogen-bond donors (Lipinski definition) is 0. The van der Waals surface area contributed by atoms with Gasteiger partial charge in [0.25, 0.3) is 0 Å². The molecular formula is C8H7ClFN. The third kappa shape index (κ3) is 1.77. The van der Waals surface area contributed by atoms with E-state index in [0.717, 1.165) is 6.20 Å². The van der Waals surface area contributed by atoms with E-state index in [1.807, 2.05) is 0 Å². The van der Waals surface area contributed by atoms with Gasteiger partial charge in [0, 0.05) is 17.6 Å². The maximum absolute atomic E-state index is 12.8. The van der Waals surface area contributed by atoms with E-state index in [1.54, 1.807) is 6.07 Å². The summed E-state index contributed by atoms with van der Waals surface area (Å²) < 4.78 is 12.8. The first-order valence-electron chi connectivity index (χ1n) is 3.09. The van der Waals surface area contributed by atoms with Crippen molar-refractivity contribution >= 4 is 17.2 Å². The molecule has 11 heavy (non-hydrogen) atoms. The van der Waals surface area contributed by atoms with Crippen molar-refractivity contribution < 1.29 is 4.39 Å². The molecule has 0 saturated carbocycles. The Labute approximate surface area is 69.5 Å². The first-order chi connectivity index (χ1) is 5.25. The average Bonchev–Trinajstić information content (AvgIpc) is 2.04. The standard InChI is InChI=1S/C8H7ClFN/c1-6(4-9)7-2-3-11-5-8(7)10/h2-3,5H,1,4H2. The highest BCUT2D eigenvalue weighted by atomic mass is 35.5. The van der Waals surface area contributed by atoms with E-state index in [4.69, 9.17) is 11.6 Å². The van der Waals surface area contributed by atoms with Gasteiger partial charge >= 0.3 is 0 Å². The summed E-state index contributed by atoms with van der Waals surface area (Å²) in [6.07, 6.45) is 2.66. The topological polar surface area (TPSA) is 12.9 Å². The van der Waals surface area contributed by atoms with Crippen LogP contribution in [0, 0.1) is 5.82 Å². The second-order valence-electron chi connectivity index (χ2n) is 2.09. The predicted molar refractivity (Wildman–Crippen MR) is 43.9 cm³/mol. The lowest BCUT2D eigenvalue weighted by Gasteiger charge is -2.00. The number of hydrogen-bond acceptors (Lipinski definition) is 1. The zero-order chi connectivity index (χ0) is 8.27. The predicted octanol–water partition coefficient (Wildman–Crippen LogP) is 2.47. The van der Waals surface area contributed by atoms with Crippen LogP contribution in [0.2, 0.25) is 0 Å². The molecule has 0 spiro atoms. The Bertz CT molecular complexity index is 273. The number of allylic oxidation sites excluding steroid dienone is 1. The molecule has 1 aromatic heterocycles. The maximum Gasteiger partial charge on any atom is 0.148 e. The number of aromatic nitrogens is 1. The highest BCUT2D eigenvalue weighted by molar-refractivity contribution is 6.23. The van der Waals surface area contributed by atoms with E-state index in [-0.39, 0.29) is 11.7 Å². The second kappa shape index (κ2) is 3.49. The summed E-state index contributed by atoms with van der Waals surface area (Å²) in [7, 11) is 0. The molecular weight excluding hydrogens is 165 g/mol. The number of halogens is 2. The van der Waals surface area contributed by atoms with E-state index >= 15 is 0 Å². The van der Waals surface area contributed by atoms with Crippen molar-refractivity contribution in [2.24, 2.45) is 0 Å². The Kier molecular flexibility index (Phi) is 2.60. The minimum atomic E-state index is -0.377. The molecule has 0 N–H and O–H groups in total.